The van der Waals surface area contributed by atoms with E-state index in [0.717, 1.165) is 0 Å². The second-order valence-electron chi connectivity index (χ2n) is 4.28. The van der Waals surface area contributed by atoms with Gasteiger partial charge in [-0.1, -0.05) is 23.7 Å². The molecule has 2 aromatic rings. The van der Waals surface area contributed by atoms with Crippen LogP contribution in [0.1, 0.15) is 15.9 Å². The van der Waals surface area contributed by atoms with Gasteiger partial charge in [-0.2, -0.15) is 5.26 Å². The molecule has 0 bridgehead atoms. The van der Waals surface area contributed by atoms with Crippen LogP contribution < -0.4 is 4.74 Å². The zero-order valence-corrected chi connectivity index (χ0v) is 12.1. The van der Waals surface area contributed by atoms with Gasteiger partial charge in [-0.25, -0.2) is 0 Å². The Bertz CT molecular complexity index is 727. The highest BCUT2D eigenvalue weighted by molar-refractivity contribution is 6.30. The number of carbonyl (C=O) groups is 1. The Morgan fingerprint density at radius 1 is 1.24 bits per heavy atom. The number of halogens is 1. The average molecular weight is 298 g/mol. The maximum atomic E-state index is 12.3. The zero-order valence-electron chi connectivity index (χ0n) is 11.3. The molecule has 0 unspecified atom stereocenters. The lowest BCUT2D eigenvalue weighted by atomic mass is 10.0. The van der Waals surface area contributed by atoms with E-state index in [1.165, 1.54) is 6.08 Å². The van der Waals surface area contributed by atoms with E-state index in [9.17, 15) is 10.1 Å². The van der Waals surface area contributed by atoms with E-state index in [4.69, 9.17) is 16.3 Å². The van der Waals surface area contributed by atoms with E-state index in [2.05, 4.69) is 0 Å². The van der Waals surface area contributed by atoms with Crippen molar-refractivity contribution in [2.45, 2.75) is 0 Å². The van der Waals surface area contributed by atoms with Gasteiger partial charge in [0.15, 0.2) is 0 Å². The molecule has 2 rings (SSSR count). The lowest BCUT2D eigenvalue weighted by Gasteiger charge is -2.02. The minimum absolute atomic E-state index is 0.0578. The molecule has 0 aliphatic heterocycles. The molecule has 2 aromatic carbocycles. The van der Waals surface area contributed by atoms with Crippen LogP contribution in [0.4, 0.5) is 0 Å². The summed E-state index contributed by atoms with van der Waals surface area (Å²) in [4.78, 5) is 12.3. The Morgan fingerprint density at radius 3 is 2.52 bits per heavy atom. The first-order valence-electron chi connectivity index (χ1n) is 6.20. The predicted octanol–water partition coefficient (Wildman–Crippen LogP) is 4.14. The van der Waals surface area contributed by atoms with Crippen LogP contribution in [0.15, 0.2) is 54.1 Å². The Kier molecular flexibility index (Phi) is 4.76. The molecule has 21 heavy (non-hydrogen) atoms. The van der Waals surface area contributed by atoms with E-state index >= 15 is 0 Å². The molecule has 104 valence electrons. The Balaban J connectivity index is 2.32. The number of benzene rings is 2. The maximum absolute atomic E-state index is 12.3. The highest BCUT2D eigenvalue weighted by atomic mass is 35.5. The number of ether oxygens (including phenoxy) is 1. The third-order valence-corrected chi connectivity index (χ3v) is 3.11. The highest BCUT2D eigenvalue weighted by Gasteiger charge is 2.12. The van der Waals surface area contributed by atoms with Crippen molar-refractivity contribution in [2.75, 3.05) is 7.11 Å². The summed E-state index contributed by atoms with van der Waals surface area (Å²) in [6, 6.07) is 15.5. The SMILES string of the molecule is COc1ccc(C(=O)/C(C#N)=C/c2cccc(Cl)c2)cc1. The Hall–Kier alpha value is -2.57. The van der Waals surface area contributed by atoms with Crippen molar-refractivity contribution in [1.29, 1.82) is 5.26 Å². The van der Waals surface area contributed by atoms with Crippen molar-refractivity contribution in [3.8, 4) is 11.8 Å². The summed E-state index contributed by atoms with van der Waals surface area (Å²) >= 11 is 5.89. The van der Waals surface area contributed by atoms with Crippen LogP contribution in [0.2, 0.25) is 5.02 Å². The fraction of sp³-hybridized carbons (Fsp3) is 0.0588. The fourth-order valence-corrected chi connectivity index (χ4v) is 2.01. The van der Waals surface area contributed by atoms with Crippen LogP contribution in [-0.4, -0.2) is 12.9 Å². The summed E-state index contributed by atoms with van der Waals surface area (Å²) in [6.07, 6.45) is 1.53. The second kappa shape index (κ2) is 6.74. The summed E-state index contributed by atoms with van der Waals surface area (Å²) in [5.41, 5.74) is 1.20. The number of nitrogens with zero attached hydrogens (tertiary/aromatic N) is 1. The number of methoxy groups -OCH3 is 1. The van der Waals surface area contributed by atoms with Crippen molar-refractivity contribution >= 4 is 23.5 Å². The average Bonchev–Trinajstić information content (AvgIpc) is 2.52. The third kappa shape index (κ3) is 3.71. The smallest absolute Gasteiger partial charge is 0.203 e. The summed E-state index contributed by atoms with van der Waals surface area (Å²) in [6.45, 7) is 0. The lowest BCUT2D eigenvalue weighted by Crippen LogP contribution is -2.01. The molecule has 0 aliphatic carbocycles. The molecule has 0 atom stereocenters. The molecule has 0 aliphatic rings. The quantitative estimate of drug-likeness (QED) is 0.484. The van der Waals surface area contributed by atoms with Crippen LogP contribution in [0.5, 0.6) is 5.75 Å². The zero-order chi connectivity index (χ0) is 15.2. The molecule has 0 heterocycles. The molecule has 0 amide bonds. The van der Waals surface area contributed by atoms with Gasteiger partial charge in [-0.05, 0) is 48.0 Å². The normalized spacial score (nSPS) is 10.8. The van der Waals surface area contributed by atoms with Gasteiger partial charge in [0.2, 0.25) is 5.78 Å². The number of hydrogen-bond donors (Lipinski definition) is 0. The first kappa shape index (κ1) is 14.8. The van der Waals surface area contributed by atoms with Gasteiger partial charge in [0.25, 0.3) is 0 Å². The number of hydrogen-bond acceptors (Lipinski definition) is 3. The van der Waals surface area contributed by atoms with Gasteiger partial charge < -0.3 is 4.74 Å². The number of Topliss-reactive ketones (excluding diaryl/α,β-unsaturated/α-hetero) is 1. The number of allylic oxidation sites excluding steroid dienone is 1. The Labute approximate surface area is 128 Å². The first-order chi connectivity index (χ1) is 10.1. The molecule has 0 spiro atoms. The topological polar surface area (TPSA) is 50.1 Å². The van der Waals surface area contributed by atoms with Crippen LogP contribution in [0.25, 0.3) is 6.08 Å². The van der Waals surface area contributed by atoms with E-state index in [-0.39, 0.29) is 11.4 Å². The lowest BCUT2D eigenvalue weighted by molar-refractivity contribution is 0.104. The molecule has 0 aromatic heterocycles. The molecule has 0 radical (unpaired) electrons. The predicted molar refractivity (Wildman–Crippen MR) is 82.4 cm³/mol. The van der Waals surface area contributed by atoms with Gasteiger partial charge in [0, 0.05) is 10.6 Å². The summed E-state index contributed by atoms with van der Waals surface area (Å²) in [5, 5.41) is 9.75. The van der Waals surface area contributed by atoms with Gasteiger partial charge in [-0.15, -0.1) is 0 Å². The minimum atomic E-state index is -0.333. The molecule has 3 nitrogen and oxygen atoms in total. The first-order valence-corrected chi connectivity index (χ1v) is 6.58. The molecule has 0 N–H and O–H groups in total. The standard InChI is InChI=1S/C17H12ClNO2/c1-21-16-7-5-13(6-8-16)17(20)14(11-19)9-12-3-2-4-15(18)10-12/h2-10H,1H3/b14-9+. The summed E-state index contributed by atoms with van der Waals surface area (Å²) in [7, 11) is 1.55. The van der Waals surface area contributed by atoms with E-state index in [0.29, 0.717) is 21.9 Å². The third-order valence-electron chi connectivity index (χ3n) is 2.88. The summed E-state index contributed by atoms with van der Waals surface area (Å²) in [5.74, 6) is 0.323. The van der Waals surface area contributed by atoms with Crippen molar-refractivity contribution in [2.24, 2.45) is 0 Å². The molecule has 4 heteroatoms. The van der Waals surface area contributed by atoms with Crippen LogP contribution in [-0.2, 0) is 0 Å². The van der Waals surface area contributed by atoms with Crippen molar-refractivity contribution in [3.05, 3.63) is 70.3 Å². The van der Waals surface area contributed by atoms with Gasteiger partial charge in [0.05, 0.1) is 7.11 Å². The van der Waals surface area contributed by atoms with Gasteiger partial charge in [-0.3, -0.25) is 4.79 Å². The molecule has 0 saturated heterocycles. The fourth-order valence-electron chi connectivity index (χ4n) is 1.81. The molecule has 0 saturated carbocycles. The van der Waals surface area contributed by atoms with Crippen LogP contribution in [0, 0.1) is 11.3 Å². The van der Waals surface area contributed by atoms with Crippen molar-refractivity contribution in [3.63, 3.8) is 0 Å². The number of ketones is 1. The second-order valence-corrected chi connectivity index (χ2v) is 4.72. The largest absolute Gasteiger partial charge is 0.497 e. The van der Waals surface area contributed by atoms with E-state index < -0.39 is 0 Å². The van der Waals surface area contributed by atoms with E-state index in [1.54, 1.807) is 55.6 Å². The molecular formula is C17H12ClNO2. The number of carbonyl (C=O) groups excluding carboxylic acids is 1. The monoisotopic (exact) mass is 297 g/mol. The van der Waals surface area contributed by atoms with Crippen molar-refractivity contribution in [1.82, 2.24) is 0 Å². The molecular weight excluding hydrogens is 286 g/mol. The highest BCUT2D eigenvalue weighted by Crippen LogP contribution is 2.18. The van der Waals surface area contributed by atoms with Gasteiger partial charge in [0.1, 0.15) is 17.4 Å². The van der Waals surface area contributed by atoms with Crippen LogP contribution in [0.3, 0.4) is 0 Å². The van der Waals surface area contributed by atoms with Crippen molar-refractivity contribution < 1.29 is 9.53 Å². The summed E-state index contributed by atoms with van der Waals surface area (Å²) < 4.78 is 5.04. The van der Waals surface area contributed by atoms with Crippen LogP contribution >= 0.6 is 11.6 Å². The minimum Gasteiger partial charge on any atom is -0.497 e. The maximum Gasteiger partial charge on any atom is 0.203 e. The van der Waals surface area contributed by atoms with E-state index in [1.807, 2.05) is 6.07 Å². The number of rotatable bonds is 4. The van der Waals surface area contributed by atoms with Gasteiger partial charge >= 0.3 is 0 Å². The molecule has 0 fully saturated rings. The Morgan fingerprint density at radius 2 is 1.95 bits per heavy atom. The number of nitriles is 1.